The molecule has 0 fully saturated rings. The van der Waals surface area contributed by atoms with E-state index in [9.17, 15) is 0 Å². The van der Waals surface area contributed by atoms with Crippen LogP contribution in [-0.4, -0.2) is 18.8 Å². The molecule has 4 aromatic rings. The van der Waals surface area contributed by atoms with Gasteiger partial charge in [-0.25, -0.2) is 0 Å². The maximum Gasteiger partial charge on any atom is 0.188 e. The van der Waals surface area contributed by atoms with Gasteiger partial charge in [-0.1, -0.05) is 106 Å². The van der Waals surface area contributed by atoms with E-state index in [1.54, 1.807) is 7.11 Å². The van der Waals surface area contributed by atoms with E-state index in [-0.39, 0.29) is 6.79 Å². The Hall–Kier alpha value is -2.97. The van der Waals surface area contributed by atoms with Crippen LogP contribution >= 0.6 is 8.58 Å². The highest BCUT2D eigenvalue weighted by atomic mass is 31.1. The molecule has 4 rings (SSSR count). The number of hydrogen-bond donors (Lipinski definition) is 0. The molecular formula is C31H34NO2P. The predicted octanol–water partition coefficient (Wildman–Crippen LogP) is 6.12. The molecule has 3 nitrogen and oxygen atoms in total. The normalized spacial score (nSPS) is 11.4. The highest BCUT2D eigenvalue weighted by molar-refractivity contribution is 7.56. The van der Waals surface area contributed by atoms with Crippen molar-refractivity contribution in [2.45, 2.75) is 33.5 Å². The van der Waals surface area contributed by atoms with Gasteiger partial charge in [0.2, 0.25) is 0 Å². The number of methoxy groups -OCH3 is 1. The number of benzene rings is 4. The Morgan fingerprint density at radius 2 is 1.26 bits per heavy atom. The highest BCUT2D eigenvalue weighted by Gasteiger charge is 2.15. The molecule has 4 aromatic carbocycles. The summed E-state index contributed by atoms with van der Waals surface area (Å²) in [7, 11) is 2.17. The first kappa shape index (κ1) is 25.1. The van der Waals surface area contributed by atoms with Gasteiger partial charge in [0.1, 0.15) is 5.75 Å². The topological polar surface area (TPSA) is 21.7 Å². The molecule has 0 spiro atoms. The third-order valence-corrected chi connectivity index (χ3v) is 7.67. The molecule has 180 valence electrons. The summed E-state index contributed by atoms with van der Waals surface area (Å²) in [5.74, 6) is 0.937. The standard InChI is InChI=1S/C31H34NO2P/c1-24-12-11-19-29(30(24)34-23-33-3)35-31-25(2)13-10-18-28(31)22-32(20-26-14-6-4-7-15-26)21-27-16-8-5-9-17-27/h4-19,35H,20-23H2,1-3H3. The van der Waals surface area contributed by atoms with Crippen LogP contribution in [0.5, 0.6) is 5.75 Å². The lowest BCUT2D eigenvalue weighted by molar-refractivity contribution is 0.0514. The van der Waals surface area contributed by atoms with Crippen molar-refractivity contribution in [3.05, 3.63) is 125 Å². The molecule has 0 bridgehead atoms. The molecule has 0 radical (unpaired) electrons. The molecule has 4 heteroatoms. The summed E-state index contributed by atoms with van der Waals surface area (Å²) in [4.78, 5) is 2.53. The van der Waals surface area contributed by atoms with Gasteiger partial charge in [0, 0.05) is 32.0 Å². The van der Waals surface area contributed by atoms with E-state index < -0.39 is 0 Å². The molecule has 0 aliphatic rings. The van der Waals surface area contributed by atoms with Crippen molar-refractivity contribution in [3.63, 3.8) is 0 Å². The van der Waals surface area contributed by atoms with Gasteiger partial charge in [-0.2, -0.15) is 0 Å². The van der Waals surface area contributed by atoms with E-state index in [0.29, 0.717) is 8.58 Å². The van der Waals surface area contributed by atoms with Crippen LogP contribution in [0.1, 0.15) is 27.8 Å². The minimum atomic E-state index is 0.255. The predicted molar refractivity (Wildman–Crippen MR) is 148 cm³/mol. The second-order valence-electron chi connectivity index (χ2n) is 8.85. The first-order valence-corrected chi connectivity index (χ1v) is 13.0. The third-order valence-electron chi connectivity index (χ3n) is 6.04. The lowest BCUT2D eigenvalue weighted by atomic mass is 10.1. The van der Waals surface area contributed by atoms with E-state index in [2.05, 4.69) is 116 Å². The summed E-state index contributed by atoms with van der Waals surface area (Å²) in [6.45, 7) is 7.26. The van der Waals surface area contributed by atoms with Crippen molar-refractivity contribution in [2.24, 2.45) is 0 Å². The number of rotatable bonds is 11. The average Bonchev–Trinajstić information content (AvgIpc) is 2.87. The molecule has 0 heterocycles. The van der Waals surface area contributed by atoms with Gasteiger partial charge in [-0.05, 0) is 47.0 Å². The zero-order valence-corrected chi connectivity index (χ0v) is 21.8. The molecule has 1 atom stereocenters. The Balaban J connectivity index is 1.64. The van der Waals surface area contributed by atoms with E-state index >= 15 is 0 Å². The summed E-state index contributed by atoms with van der Waals surface area (Å²) in [6.07, 6.45) is 0. The Morgan fingerprint density at radius 3 is 1.89 bits per heavy atom. The van der Waals surface area contributed by atoms with E-state index in [4.69, 9.17) is 9.47 Å². The number of hydrogen-bond acceptors (Lipinski definition) is 3. The van der Waals surface area contributed by atoms with Crippen molar-refractivity contribution >= 4 is 19.2 Å². The fourth-order valence-electron chi connectivity index (χ4n) is 4.33. The van der Waals surface area contributed by atoms with Crippen LogP contribution in [0.2, 0.25) is 0 Å². The van der Waals surface area contributed by atoms with Gasteiger partial charge in [0.15, 0.2) is 6.79 Å². The number of aryl methyl sites for hydroxylation is 2. The van der Waals surface area contributed by atoms with Crippen LogP contribution in [0.15, 0.2) is 97.1 Å². The summed E-state index contributed by atoms with van der Waals surface area (Å²) in [6, 6.07) is 34.6. The second kappa shape index (κ2) is 12.7. The first-order valence-electron chi connectivity index (χ1n) is 12.0. The van der Waals surface area contributed by atoms with Gasteiger partial charge in [0.05, 0.1) is 0 Å². The fraction of sp³-hybridized carbons (Fsp3) is 0.226. The van der Waals surface area contributed by atoms with Crippen molar-refractivity contribution in [1.82, 2.24) is 4.90 Å². The molecule has 35 heavy (non-hydrogen) atoms. The van der Waals surface area contributed by atoms with Crippen molar-refractivity contribution in [1.29, 1.82) is 0 Å². The summed E-state index contributed by atoms with van der Waals surface area (Å²) in [5, 5.41) is 2.61. The molecule has 0 saturated carbocycles. The maximum atomic E-state index is 5.98. The highest BCUT2D eigenvalue weighted by Crippen LogP contribution is 2.26. The first-order chi connectivity index (χ1) is 17.1. The van der Waals surface area contributed by atoms with Gasteiger partial charge >= 0.3 is 0 Å². The quantitative estimate of drug-likeness (QED) is 0.190. The number of para-hydroxylation sites is 1. The smallest absolute Gasteiger partial charge is 0.188 e. The molecule has 0 amide bonds. The maximum absolute atomic E-state index is 5.98. The van der Waals surface area contributed by atoms with Crippen LogP contribution in [0.25, 0.3) is 0 Å². The number of ether oxygens (including phenoxy) is 2. The van der Waals surface area contributed by atoms with Gasteiger partial charge in [-0.15, -0.1) is 0 Å². The summed E-state index contributed by atoms with van der Waals surface area (Å²) < 4.78 is 11.2. The van der Waals surface area contributed by atoms with Gasteiger partial charge < -0.3 is 9.47 Å². The van der Waals surface area contributed by atoms with Crippen molar-refractivity contribution in [2.75, 3.05) is 13.9 Å². The van der Waals surface area contributed by atoms with Crippen LogP contribution in [-0.2, 0) is 24.4 Å². The van der Waals surface area contributed by atoms with Crippen LogP contribution in [0, 0.1) is 13.8 Å². The second-order valence-corrected chi connectivity index (χ2v) is 10.1. The van der Waals surface area contributed by atoms with Crippen molar-refractivity contribution < 1.29 is 9.47 Å². The Morgan fingerprint density at radius 1 is 0.657 bits per heavy atom. The van der Waals surface area contributed by atoms with E-state index in [0.717, 1.165) is 30.9 Å². The fourth-order valence-corrected chi connectivity index (χ4v) is 5.76. The van der Waals surface area contributed by atoms with Crippen LogP contribution < -0.4 is 15.3 Å². The Labute approximate surface area is 211 Å². The summed E-state index contributed by atoms with van der Waals surface area (Å²) >= 11 is 0. The largest absolute Gasteiger partial charge is 0.467 e. The zero-order valence-electron chi connectivity index (χ0n) is 20.8. The number of nitrogens with zero attached hydrogens (tertiary/aromatic N) is 1. The molecule has 0 aromatic heterocycles. The minimum absolute atomic E-state index is 0.255. The average molecular weight is 484 g/mol. The Kier molecular flexibility index (Phi) is 9.08. The molecule has 0 aliphatic carbocycles. The van der Waals surface area contributed by atoms with E-state index in [1.165, 1.54) is 32.9 Å². The molecule has 1 unspecified atom stereocenters. The lowest BCUT2D eigenvalue weighted by Crippen LogP contribution is -2.26. The zero-order chi connectivity index (χ0) is 24.5. The van der Waals surface area contributed by atoms with Crippen molar-refractivity contribution in [3.8, 4) is 5.75 Å². The third kappa shape index (κ3) is 7.02. The summed E-state index contributed by atoms with van der Waals surface area (Å²) in [5.41, 5.74) is 6.48. The monoisotopic (exact) mass is 483 g/mol. The lowest BCUT2D eigenvalue weighted by Gasteiger charge is -2.25. The van der Waals surface area contributed by atoms with E-state index in [1.807, 2.05) is 0 Å². The van der Waals surface area contributed by atoms with Crippen LogP contribution in [0.3, 0.4) is 0 Å². The SMILES string of the molecule is COCOc1c(C)cccc1Pc1c(C)cccc1CN(Cc1ccccc1)Cc1ccccc1. The van der Waals surface area contributed by atoms with Gasteiger partial charge in [0.25, 0.3) is 0 Å². The molecule has 0 N–H and O–H groups in total. The minimum Gasteiger partial charge on any atom is -0.467 e. The Bertz CT molecular complexity index is 1170. The van der Waals surface area contributed by atoms with Gasteiger partial charge in [-0.3, -0.25) is 4.90 Å². The van der Waals surface area contributed by atoms with Crippen LogP contribution in [0.4, 0.5) is 0 Å². The molecule has 0 saturated heterocycles. The molecular weight excluding hydrogens is 449 g/mol. The molecule has 0 aliphatic heterocycles.